The number of carbonyl (C=O) groups is 2. The van der Waals surface area contributed by atoms with Gasteiger partial charge in [0, 0.05) is 13.6 Å². The monoisotopic (exact) mass is 359 g/mol. The van der Waals surface area contributed by atoms with E-state index < -0.39 is 0 Å². The molecule has 0 bridgehead atoms. The first-order chi connectivity index (χ1) is 13.2. The van der Waals surface area contributed by atoms with Gasteiger partial charge in [0.05, 0.1) is 12.6 Å². The summed E-state index contributed by atoms with van der Waals surface area (Å²) >= 11 is 0. The van der Waals surface area contributed by atoms with Crippen molar-refractivity contribution in [1.29, 1.82) is 0 Å². The maximum atomic E-state index is 13.3. The van der Waals surface area contributed by atoms with Gasteiger partial charge in [0.15, 0.2) is 11.4 Å². The van der Waals surface area contributed by atoms with Crippen LogP contribution in [0.4, 0.5) is 0 Å². The van der Waals surface area contributed by atoms with Crippen LogP contribution in [0.2, 0.25) is 0 Å². The van der Waals surface area contributed by atoms with Crippen LogP contribution >= 0.6 is 0 Å². The number of nitrogens with one attached hydrogen (secondary N) is 1. The number of hydrogen-bond acceptors (Lipinski definition) is 4. The third-order valence-corrected chi connectivity index (χ3v) is 5.27. The zero-order valence-electron chi connectivity index (χ0n) is 14.7. The number of benzene rings is 2. The molecule has 5 rings (SSSR count). The Morgan fingerprint density at radius 3 is 2.41 bits per heavy atom. The topological polar surface area (TPSA) is 80.1 Å². The number of nitrogens with zero attached hydrogens (tertiary/aromatic N) is 4. The molecule has 0 radical (unpaired) electrons. The molecule has 1 aliphatic carbocycles. The molecule has 0 saturated carbocycles. The lowest BCUT2D eigenvalue weighted by molar-refractivity contribution is 0.0743. The van der Waals surface area contributed by atoms with Crippen LogP contribution in [0.3, 0.4) is 0 Å². The van der Waals surface area contributed by atoms with Crippen LogP contribution in [-0.4, -0.2) is 45.3 Å². The molecule has 7 heteroatoms. The molecule has 27 heavy (non-hydrogen) atoms. The number of fused-ring (bicyclic) bond motifs is 4. The predicted octanol–water partition coefficient (Wildman–Crippen LogP) is 1.86. The molecule has 2 aliphatic rings. The van der Waals surface area contributed by atoms with Crippen molar-refractivity contribution in [2.45, 2.75) is 12.6 Å². The molecule has 0 saturated heterocycles. The van der Waals surface area contributed by atoms with E-state index in [9.17, 15) is 9.59 Å². The number of amides is 2. The second kappa shape index (κ2) is 5.77. The van der Waals surface area contributed by atoms with Gasteiger partial charge in [0.25, 0.3) is 11.8 Å². The van der Waals surface area contributed by atoms with E-state index in [0.717, 1.165) is 22.3 Å². The Bertz CT molecular complexity index is 1040. The van der Waals surface area contributed by atoms with Gasteiger partial charge in [0.1, 0.15) is 0 Å². The minimum absolute atomic E-state index is 0.0940. The Labute approximate surface area is 155 Å². The van der Waals surface area contributed by atoms with Crippen molar-refractivity contribution >= 4 is 11.8 Å². The SMILES string of the molecule is CN(C(=O)c1nnn2c1C(=O)NCC2)C1c2ccccc2-c2ccccc21. The molecule has 0 spiro atoms. The fourth-order valence-electron chi connectivity index (χ4n) is 4.03. The largest absolute Gasteiger partial charge is 0.349 e. The van der Waals surface area contributed by atoms with E-state index in [0.29, 0.717) is 13.1 Å². The van der Waals surface area contributed by atoms with Gasteiger partial charge in [-0.25, -0.2) is 4.68 Å². The van der Waals surface area contributed by atoms with E-state index in [-0.39, 0.29) is 29.2 Å². The highest BCUT2D eigenvalue weighted by molar-refractivity contribution is 6.05. The summed E-state index contributed by atoms with van der Waals surface area (Å²) in [6.07, 6.45) is 0. The Balaban J connectivity index is 1.59. The lowest BCUT2D eigenvalue weighted by Crippen LogP contribution is -2.38. The highest BCUT2D eigenvalue weighted by Crippen LogP contribution is 2.46. The molecule has 1 aliphatic heterocycles. The van der Waals surface area contributed by atoms with Crippen LogP contribution in [0.1, 0.15) is 38.1 Å². The van der Waals surface area contributed by atoms with Crippen LogP contribution in [0.15, 0.2) is 48.5 Å². The Morgan fingerprint density at radius 1 is 1.11 bits per heavy atom. The minimum Gasteiger partial charge on any atom is -0.349 e. The quantitative estimate of drug-likeness (QED) is 0.757. The number of carbonyl (C=O) groups excluding carboxylic acids is 2. The fourth-order valence-corrected chi connectivity index (χ4v) is 4.03. The summed E-state index contributed by atoms with van der Waals surface area (Å²) in [5, 5.41) is 10.7. The first-order valence-corrected chi connectivity index (χ1v) is 8.84. The first kappa shape index (κ1) is 15.7. The summed E-state index contributed by atoms with van der Waals surface area (Å²) in [4.78, 5) is 27.1. The van der Waals surface area contributed by atoms with Crippen molar-refractivity contribution in [3.05, 3.63) is 71.0 Å². The van der Waals surface area contributed by atoms with Crippen LogP contribution in [-0.2, 0) is 6.54 Å². The summed E-state index contributed by atoms with van der Waals surface area (Å²) in [5.74, 6) is -0.625. The summed E-state index contributed by atoms with van der Waals surface area (Å²) in [7, 11) is 1.75. The van der Waals surface area contributed by atoms with Crippen LogP contribution in [0.5, 0.6) is 0 Å². The zero-order valence-corrected chi connectivity index (χ0v) is 14.7. The van der Waals surface area contributed by atoms with Gasteiger partial charge in [-0.05, 0) is 22.3 Å². The van der Waals surface area contributed by atoms with Crippen molar-refractivity contribution in [3.8, 4) is 11.1 Å². The molecule has 1 aromatic heterocycles. The van der Waals surface area contributed by atoms with Gasteiger partial charge in [-0.15, -0.1) is 5.10 Å². The first-order valence-electron chi connectivity index (χ1n) is 8.84. The van der Waals surface area contributed by atoms with E-state index in [2.05, 4.69) is 27.8 Å². The van der Waals surface area contributed by atoms with Gasteiger partial charge >= 0.3 is 0 Å². The average Bonchev–Trinajstić information content (AvgIpc) is 3.27. The van der Waals surface area contributed by atoms with Gasteiger partial charge in [-0.3, -0.25) is 9.59 Å². The van der Waals surface area contributed by atoms with Crippen molar-refractivity contribution in [1.82, 2.24) is 25.2 Å². The van der Waals surface area contributed by atoms with Crippen molar-refractivity contribution in [2.24, 2.45) is 0 Å². The van der Waals surface area contributed by atoms with Crippen LogP contribution < -0.4 is 5.32 Å². The van der Waals surface area contributed by atoms with E-state index in [1.54, 1.807) is 11.9 Å². The lowest BCUT2D eigenvalue weighted by atomic mass is 10.0. The maximum Gasteiger partial charge on any atom is 0.277 e. The van der Waals surface area contributed by atoms with Gasteiger partial charge in [0.2, 0.25) is 0 Å². The number of hydrogen-bond donors (Lipinski definition) is 1. The highest BCUT2D eigenvalue weighted by atomic mass is 16.2. The van der Waals surface area contributed by atoms with Gasteiger partial charge < -0.3 is 10.2 Å². The smallest absolute Gasteiger partial charge is 0.277 e. The van der Waals surface area contributed by atoms with Crippen molar-refractivity contribution < 1.29 is 9.59 Å². The number of aromatic nitrogens is 3. The molecule has 3 aromatic rings. The summed E-state index contributed by atoms with van der Waals surface area (Å²) < 4.78 is 1.50. The Hall–Kier alpha value is -3.48. The van der Waals surface area contributed by atoms with E-state index >= 15 is 0 Å². The van der Waals surface area contributed by atoms with Crippen LogP contribution in [0.25, 0.3) is 11.1 Å². The Morgan fingerprint density at radius 2 is 1.74 bits per heavy atom. The van der Waals surface area contributed by atoms with Gasteiger partial charge in [-0.1, -0.05) is 53.7 Å². The maximum absolute atomic E-state index is 13.3. The third-order valence-electron chi connectivity index (χ3n) is 5.27. The minimum atomic E-state index is -0.315. The normalized spacial score (nSPS) is 14.9. The molecule has 7 nitrogen and oxygen atoms in total. The molecule has 0 fully saturated rings. The molecular formula is C20H17N5O2. The average molecular weight is 359 g/mol. The van der Waals surface area contributed by atoms with Crippen molar-refractivity contribution in [3.63, 3.8) is 0 Å². The Kier molecular flexibility index (Phi) is 3.36. The van der Waals surface area contributed by atoms with E-state index in [1.807, 2.05) is 36.4 Å². The molecule has 134 valence electrons. The molecule has 1 N–H and O–H groups in total. The molecular weight excluding hydrogens is 342 g/mol. The molecule has 2 aromatic carbocycles. The second-order valence-corrected chi connectivity index (χ2v) is 6.76. The van der Waals surface area contributed by atoms with E-state index in [1.165, 1.54) is 4.68 Å². The summed E-state index contributed by atoms with van der Waals surface area (Å²) in [5.41, 5.74) is 4.72. The highest BCUT2D eigenvalue weighted by Gasteiger charge is 2.36. The van der Waals surface area contributed by atoms with Crippen molar-refractivity contribution in [2.75, 3.05) is 13.6 Å². The fraction of sp³-hybridized carbons (Fsp3) is 0.200. The van der Waals surface area contributed by atoms with E-state index in [4.69, 9.17) is 0 Å². The molecule has 0 atom stereocenters. The number of rotatable bonds is 2. The second-order valence-electron chi connectivity index (χ2n) is 6.76. The third kappa shape index (κ3) is 2.21. The summed E-state index contributed by atoms with van der Waals surface area (Å²) in [6.45, 7) is 1.00. The summed E-state index contributed by atoms with van der Waals surface area (Å²) in [6, 6.07) is 15.9. The molecule has 2 heterocycles. The molecule has 2 amide bonds. The standard InChI is InChI=1S/C20H17N5O2/c1-24(20(27)16-18-19(26)21-10-11-25(18)23-22-16)17-14-8-4-2-6-12(14)13-7-3-5-9-15(13)17/h2-9,17H,10-11H2,1H3,(H,21,26). The predicted molar refractivity (Wildman–Crippen MR) is 98.2 cm³/mol. The lowest BCUT2D eigenvalue weighted by Gasteiger charge is -2.26. The molecule has 0 unspecified atom stereocenters. The van der Waals surface area contributed by atoms with Crippen LogP contribution in [0, 0.1) is 0 Å². The van der Waals surface area contributed by atoms with Gasteiger partial charge in [-0.2, -0.15) is 0 Å². The zero-order chi connectivity index (χ0) is 18.5.